The summed E-state index contributed by atoms with van der Waals surface area (Å²) in [6.07, 6.45) is 1.22. The van der Waals surface area contributed by atoms with Crippen molar-refractivity contribution in [1.29, 1.82) is 0 Å². The Morgan fingerprint density at radius 2 is 2.12 bits per heavy atom. The van der Waals surface area contributed by atoms with Crippen LogP contribution in [0.3, 0.4) is 0 Å². The zero-order valence-corrected chi connectivity index (χ0v) is 11.7. The van der Waals surface area contributed by atoms with Crippen LogP contribution in [0.15, 0.2) is 0 Å². The molecule has 4 nitrogen and oxygen atoms in total. The quantitative estimate of drug-likeness (QED) is 0.737. The molecule has 4 heteroatoms. The molecule has 1 N–H and O–H groups in total. The summed E-state index contributed by atoms with van der Waals surface area (Å²) < 4.78 is 4.86. The molecule has 0 bridgehead atoms. The largest absolute Gasteiger partial charge is 0.468 e. The van der Waals surface area contributed by atoms with Crippen LogP contribution in [0, 0.1) is 5.92 Å². The number of methoxy groups -OCH3 is 1. The van der Waals surface area contributed by atoms with Gasteiger partial charge in [-0.2, -0.15) is 0 Å². The summed E-state index contributed by atoms with van der Waals surface area (Å²) in [7, 11) is 1.45. The van der Waals surface area contributed by atoms with Crippen LogP contribution in [0.5, 0.6) is 0 Å². The van der Waals surface area contributed by atoms with Gasteiger partial charge < -0.3 is 10.1 Å². The Kier molecular flexibility index (Phi) is 5.40. The van der Waals surface area contributed by atoms with Gasteiger partial charge in [-0.15, -0.1) is 0 Å². The zero-order valence-electron chi connectivity index (χ0n) is 11.7. The molecule has 0 spiro atoms. The summed E-state index contributed by atoms with van der Waals surface area (Å²) in [6, 6.07) is 0.633. The standard InChI is InChI=1S/C13H26N2O2/c1-9(2)14-12(13(16)17-5)8-15-7-10(3)6-11(15)4/h9-12,14H,6-8H2,1-5H3. The summed E-state index contributed by atoms with van der Waals surface area (Å²) in [5, 5.41) is 3.28. The van der Waals surface area contributed by atoms with Crippen molar-refractivity contribution < 1.29 is 9.53 Å². The third-order valence-corrected chi connectivity index (χ3v) is 3.35. The van der Waals surface area contributed by atoms with E-state index >= 15 is 0 Å². The lowest BCUT2D eigenvalue weighted by atomic mass is 10.1. The van der Waals surface area contributed by atoms with Gasteiger partial charge in [-0.1, -0.05) is 20.8 Å². The van der Waals surface area contributed by atoms with Gasteiger partial charge in [0.1, 0.15) is 6.04 Å². The second kappa shape index (κ2) is 6.36. The molecule has 1 rings (SSSR count). The van der Waals surface area contributed by atoms with E-state index in [0.29, 0.717) is 6.04 Å². The van der Waals surface area contributed by atoms with Crippen molar-refractivity contribution >= 4 is 5.97 Å². The average Bonchev–Trinajstić information content (AvgIpc) is 2.54. The smallest absolute Gasteiger partial charge is 0.324 e. The second-order valence-corrected chi connectivity index (χ2v) is 5.54. The Balaban J connectivity index is 2.56. The Morgan fingerprint density at radius 1 is 1.47 bits per heavy atom. The molecule has 3 unspecified atom stereocenters. The number of esters is 1. The number of hydrogen-bond donors (Lipinski definition) is 1. The van der Waals surface area contributed by atoms with Gasteiger partial charge in [0.25, 0.3) is 0 Å². The Bertz CT molecular complexity index is 256. The molecule has 3 atom stereocenters. The summed E-state index contributed by atoms with van der Waals surface area (Å²) in [5.41, 5.74) is 0. The van der Waals surface area contributed by atoms with Crippen molar-refractivity contribution in [2.75, 3.05) is 20.2 Å². The molecular weight excluding hydrogens is 216 g/mol. The van der Waals surface area contributed by atoms with E-state index in [9.17, 15) is 4.79 Å². The molecule has 1 heterocycles. The molecule has 1 aliphatic heterocycles. The van der Waals surface area contributed by atoms with Crippen LogP contribution in [0.1, 0.15) is 34.1 Å². The van der Waals surface area contributed by atoms with E-state index in [1.165, 1.54) is 13.5 Å². The first-order chi connectivity index (χ1) is 7.93. The third kappa shape index (κ3) is 4.28. The van der Waals surface area contributed by atoms with Crippen molar-refractivity contribution in [3.8, 4) is 0 Å². The van der Waals surface area contributed by atoms with Gasteiger partial charge in [-0.05, 0) is 19.3 Å². The van der Waals surface area contributed by atoms with Gasteiger partial charge in [-0.25, -0.2) is 0 Å². The first kappa shape index (κ1) is 14.5. The van der Waals surface area contributed by atoms with Gasteiger partial charge in [-0.3, -0.25) is 9.69 Å². The fourth-order valence-corrected chi connectivity index (χ4v) is 2.62. The van der Waals surface area contributed by atoms with Crippen molar-refractivity contribution in [3.05, 3.63) is 0 Å². The number of carbonyl (C=O) groups excluding carboxylic acids is 1. The number of ether oxygens (including phenoxy) is 1. The fourth-order valence-electron chi connectivity index (χ4n) is 2.62. The molecule has 100 valence electrons. The van der Waals surface area contributed by atoms with Crippen LogP contribution in [0.25, 0.3) is 0 Å². The van der Waals surface area contributed by atoms with E-state index in [2.05, 4.69) is 24.1 Å². The van der Waals surface area contributed by atoms with E-state index in [0.717, 1.165) is 19.0 Å². The highest BCUT2D eigenvalue weighted by atomic mass is 16.5. The van der Waals surface area contributed by atoms with Crippen molar-refractivity contribution in [2.45, 2.75) is 52.2 Å². The third-order valence-electron chi connectivity index (χ3n) is 3.35. The molecule has 1 saturated heterocycles. The molecule has 1 aliphatic rings. The van der Waals surface area contributed by atoms with E-state index < -0.39 is 0 Å². The summed E-state index contributed by atoms with van der Waals surface area (Å²) >= 11 is 0. The maximum atomic E-state index is 11.7. The SMILES string of the molecule is COC(=O)C(CN1CC(C)CC1C)NC(C)C. The fraction of sp³-hybridized carbons (Fsp3) is 0.923. The second-order valence-electron chi connectivity index (χ2n) is 5.54. The number of nitrogens with zero attached hydrogens (tertiary/aromatic N) is 1. The monoisotopic (exact) mass is 242 g/mol. The highest BCUT2D eigenvalue weighted by Crippen LogP contribution is 2.22. The van der Waals surface area contributed by atoms with E-state index in [-0.39, 0.29) is 18.1 Å². The van der Waals surface area contributed by atoms with Crippen LogP contribution in [0.2, 0.25) is 0 Å². The lowest BCUT2D eigenvalue weighted by molar-refractivity contribution is -0.143. The normalized spacial score (nSPS) is 27.4. The first-order valence-electron chi connectivity index (χ1n) is 6.52. The summed E-state index contributed by atoms with van der Waals surface area (Å²) in [6.45, 7) is 10.4. The molecule has 0 saturated carbocycles. The molecule has 0 aliphatic carbocycles. The minimum atomic E-state index is -0.215. The highest BCUT2D eigenvalue weighted by Gasteiger charge is 2.30. The minimum absolute atomic E-state index is 0.162. The van der Waals surface area contributed by atoms with E-state index in [4.69, 9.17) is 4.74 Å². The molecule has 0 aromatic heterocycles. The maximum Gasteiger partial charge on any atom is 0.324 e. The van der Waals surface area contributed by atoms with Crippen LogP contribution < -0.4 is 5.32 Å². The molecule has 17 heavy (non-hydrogen) atoms. The number of likely N-dealkylation sites (tertiary alicyclic amines) is 1. The number of hydrogen-bond acceptors (Lipinski definition) is 4. The Morgan fingerprint density at radius 3 is 2.53 bits per heavy atom. The first-order valence-corrected chi connectivity index (χ1v) is 6.52. The van der Waals surface area contributed by atoms with E-state index in [1.807, 2.05) is 13.8 Å². The topological polar surface area (TPSA) is 41.6 Å². The number of rotatable bonds is 5. The molecule has 0 amide bonds. The van der Waals surface area contributed by atoms with Crippen LogP contribution >= 0.6 is 0 Å². The van der Waals surface area contributed by atoms with Crippen LogP contribution in [0.4, 0.5) is 0 Å². The molecule has 0 aromatic carbocycles. The summed E-state index contributed by atoms with van der Waals surface area (Å²) in [4.78, 5) is 14.1. The molecule has 1 fully saturated rings. The van der Waals surface area contributed by atoms with Gasteiger partial charge >= 0.3 is 5.97 Å². The van der Waals surface area contributed by atoms with Crippen molar-refractivity contribution in [1.82, 2.24) is 10.2 Å². The minimum Gasteiger partial charge on any atom is -0.468 e. The average molecular weight is 242 g/mol. The number of carbonyl (C=O) groups is 1. The zero-order chi connectivity index (χ0) is 13.0. The Labute approximate surface area is 105 Å². The van der Waals surface area contributed by atoms with E-state index in [1.54, 1.807) is 0 Å². The molecule has 0 radical (unpaired) electrons. The van der Waals surface area contributed by atoms with Gasteiger partial charge in [0.05, 0.1) is 7.11 Å². The van der Waals surface area contributed by atoms with Crippen LogP contribution in [-0.2, 0) is 9.53 Å². The molecule has 0 aromatic rings. The summed E-state index contributed by atoms with van der Waals surface area (Å²) in [5.74, 6) is 0.563. The van der Waals surface area contributed by atoms with Gasteiger partial charge in [0.15, 0.2) is 0 Å². The lowest BCUT2D eigenvalue weighted by Gasteiger charge is -2.27. The van der Waals surface area contributed by atoms with Crippen LogP contribution in [-0.4, -0.2) is 49.2 Å². The predicted octanol–water partition coefficient (Wildman–Crippen LogP) is 1.26. The van der Waals surface area contributed by atoms with Gasteiger partial charge in [0.2, 0.25) is 0 Å². The highest BCUT2D eigenvalue weighted by molar-refractivity contribution is 5.76. The molecular formula is C13H26N2O2. The lowest BCUT2D eigenvalue weighted by Crippen LogP contribution is -2.49. The predicted molar refractivity (Wildman–Crippen MR) is 68.9 cm³/mol. The maximum absolute atomic E-state index is 11.7. The Hall–Kier alpha value is -0.610. The van der Waals surface area contributed by atoms with Crippen molar-refractivity contribution in [2.24, 2.45) is 5.92 Å². The van der Waals surface area contributed by atoms with Gasteiger partial charge in [0, 0.05) is 25.2 Å². The number of nitrogens with one attached hydrogen (secondary N) is 1. The van der Waals surface area contributed by atoms with Crippen molar-refractivity contribution in [3.63, 3.8) is 0 Å².